The largest absolute Gasteiger partial charge is 0.483 e. The van der Waals surface area contributed by atoms with Gasteiger partial charge in [-0.25, -0.2) is 4.79 Å². The van der Waals surface area contributed by atoms with E-state index in [-0.39, 0.29) is 24.6 Å². The number of benzene rings is 1. The third-order valence-corrected chi connectivity index (χ3v) is 5.05. The molecule has 0 spiro atoms. The van der Waals surface area contributed by atoms with Gasteiger partial charge in [0.1, 0.15) is 5.75 Å². The summed E-state index contributed by atoms with van der Waals surface area (Å²) in [6.07, 6.45) is 3.13. The van der Waals surface area contributed by atoms with E-state index >= 15 is 0 Å². The first-order valence-electron chi connectivity index (χ1n) is 10.0. The maximum Gasteiger partial charge on any atom is 0.409 e. The van der Waals surface area contributed by atoms with Crippen LogP contribution in [0.15, 0.2) is 30.5 Å². The molecule has 2 aromatic rings. The van der Waals surface area contributed by atoms with Crippen LogP contribution in [0.1, 0.15) is 19.8 Å². The zero-order valence-corrected chi connectivity index (χ0v) is 17.1. The van der Waals surface area contributed by atoms with Crippen molar-refractivity contribution in [2.75, 3.05) is 40.0 Å². The van der Waals surface area contributed by atoms with Crippen LogP contribution in [0.4, 0.5) is 4.79 Å². The molecule has 158 valence electrons. The molecule has 29 heavy (non-hydrogen) atoms. The van der Waals surface area contributed by atoms with Gasteiger partial charge in [-0.1, -0.05) is 6.07 Å². The van der Waals surface area contributed by atoms with Crippen molar-refractivity contribution in [2.24, 2.45) is 0 Å². The Morgan fingerprint density at radius 3 is 2.72 bits per heavy atom. The highest BCUT2D eigenvalue weighted by atomic mass is 16.6. The number of piperidine rings is 1. The number of ether oxygens (including phenoxy) is 3. The SMILES string of the molecule is CCOC(=O)N1CCC(NC(=O)COc2cccc3c2ccn3CCOC)CC1. The Balaban J connectivity index is 1.49. The summed E-state index contributed by atoms with van der Waals surface area (Å²) in [5, 5.41) is 3.97. The van der Waals surface area contributed by atoms with E-state index < -0.39 is 0 Å². The summed E-state index contributed by atoms with van der Waals surface area (Å²) in [5.74, 6) is 0.529. The van der Waals surface area contributed by atoms with E-state index in [0.29, 0.717) is 44.9 Å². The maximum absolute atomic E-state index is 12.3. The number of amides is 2. The van der Waals surface area contributed by atoms with Gasteiger partial charge < -0.3 is 29.0 Å². The lowest BCUT2D eigenvalue weighted by atomic mass is 10.1. The molecule has 1 N–H and O–H groups in total. The molecule has 0 aliphatic carbocycles. The lowest BCUT2D eigenvalue weighted by Gasteiger charge is -2.31. The Kier molecular flexibility index (Phi) is 7.35. The fourth-order valence-electron chi connectivity index (χ4n) is 3.54. The van der Waals surface area contributed by atoms with Gasteiger partial charge in [0.15, 0.2) is 6.61 Å². The van der Waals surface area contributed by atoms with Crippen LogP contribution in [0, 0.1) is 0 Å². The van der Waals surface area contributed by atoms with Crippen molar-refractivity contribution < 1.29 is 23.8 Å². The number of nitrogens with one attached hydrogen (secondary N) is 1. The van der Waals surface area contributed by atoms with E-state index in [1.165, 1.54) is 0 Å². The fraction of sp³-hybridized carbons (Fsp3) is 0.524. The van der Waals surface area contributed by atoms with Crippen LogP contribution in [0.3, 0.4) is 0 Å². The summed E-state index contributed by atoms with van der Waals surface area (Å²) in [6, 6.07) is 7.85. The van der Waals surface area contributed by atoms with Crippen molar-refractivity contribution in [2.45, 2.75) is 32.4 Å². The smallest absolute Gasteiger partial charge is 0.409 e. The molecule has 1 aromatic carbocycles. The second-order valence-electron chi connectivity index (χ2n) is 7.01. The van der Waals surface area contributed by atoms with Crippen molar-refractivity contribution in [1.82, 2.24) is 14.8 Å². The average molecular weight is 403 g/mol. The third-order valence-electron chi connectivity index (χ3n) is 5.05. The monoisotopic (exact) mass is 403 g/mol. The van der Waals surface area contributed by atoms with Crippen molar-refractivity contribution in [3.8, 4) is 5.75 Å². The van der Waals surface area contributed by atoms with Gasteiger partial charge >= 0.3 is 6.09 Å². The number of hydrogen-bond donors (Lipinski definition) is 1. The van der Waals surface area contributed by atoms with Crippen LogP contribution in [-0.4, -0.2) is 67.5 Å². The summed E-state index contributed by atoms with van der Waals surface area (Å²) in [5.41, 5.74) is 1.05. The minimum Gasteiger partial charge on any atom is -0.483 e. The van der Waals surface area contributed by atoms with Gasteiger partial charge in [0.05, 0.1) is 18.7 Å². The van der Waals surface area contributed by atoms with Crippen molar-refractivity contribution in [3.05, 3.63) is 30.5 Å². The van der Waals surface area contributed by atoms with E-state index in [2.05, 4.69) is 9.88 Å². The predicted octanol–water partition coefficient (Wildman–Crippen LogP) is 2.40. The minimum atomic E-state index is -0.286. The van der Waals surface area contributed by atoms with Crippen molar-refractivity contribution >= 4 is 22.9 Å². The Labute approximate surface area is 170 Å². The molecule has 1 aliphatic heterocycles. The Bertz CT molecular complexity index is 827. The van der Waals surface area contributed by atoms with E-state index in [0.717, 1.165) is 17.4 Å². The second kappa shape index (κ2) is 10.2. The number of likely N-dealkylation sites (tertiary alicyclic amines) is 1. The standard InChI is InChI=1S/C21H29N3O5/c1-3-28-21(26)24-10-7-16(8-11-24)22-20(25)15-29-19-6-4-5-18-17(19)9-12-23(18)13-14-27-2/h4-6,9,12,16H,3,7-8,10-11,13-15H2,1-2H3,(H,22,25). The molecule has 0 atom stereocenters. The van der Waals surface area contributed by atoms with Gasteiger partial charge in [0, 0.05) is 44.4 Å². The molecule has 0 saturated carbocycles. The van der Waals surface area contributed by atoms with Crippen LogP contribution in [0.2, 0.25) is 0 Å². The molecule has 3 rings (SSSR count). The third kappa shape index (κ3) is 5.41. The van der Waals surface area contributed by atoms with Gasteiger partial charge in [-0.3, -0.25) is 4.79 Å². The highest BCUT2D eigenvalue weighted by molar-refractivity contribution is 5.87. The molecule has 0 unspecified atom stereocenters. The summed E-state index contributed by atoms with van der Waals surface area (Å²) in [6.45, 7) is 4.67. The van der Waals surface area contributed by atoms with Gasteiger partial charge in [0.25, 0.3) is 5.91 Å². The van der Waals surface area contributed by atoms with Crippen molar-refractivity contribution in [3.63, 3.8) is 0 Å². The molecular formula is C21H29N3O5. The second-order valence-corrected chi connectivity index (χ2v) is 7.01. The molecular weight excluding hydrogens is 374 g/mol. The normalized spacial score (nSPS) is 14.8. The zero-order valence-electron chi connectivity index (χ0n) is 17.1. The Hall–Kier alpha value is -2.74. The average Bonchev–Trinajstić information content (AvgIpc) is 3.15. The first kappa shape index (κ1) is 21.0. The quantitative estimate of drug-likeness (QED) is 0.732. The molecule has 1 fully saturated rings. The van der Waals surface area contributed by atoms with Gasteiger partial charge in [-0.15, -0.1) is 0 Å². The fourth-order valence-corrected chi connectivity index (χ4v) is 3.54. The number of fused-ring (bicyclic) bond motifs is 1. The Morgan fingerprint density at radius 2 is 2.00 bits per heavy atom. The number of hydrogen-bond acceptors (Lipinski definition) is 5. The van der Waals surface area contributed by atoms with Crippen LogP contribution in [-0.2, 0) is 20.8 Å². The predicted molar refractivity (Wildman–Crippen MR) is 109 cm³/mol. The molecule has 0 bridgehead atoms. The highest BCUT2D eigenvalue weighted by Gasteiger charge is 2.24. The number of carbonyl (C=O) groups excluding carboxylic acids is 2. The number of methoxy groups -OCH3 is 1. The number of carbonyl (C=O) groups is 2. The maximum atomic E-state index is 12.3. The number of rotatable bonds is 8. The zero-order chi connectivity index (χ0) is 20.6. The van der Waals surface area contributed by atoms with E-state index in [1.807, 2.05) is 30.5 Å². The lowest BCUT2D eigenvalue weighted by molar-refractivity contribution is -0.124. The van der Waals surface area contributed by atoms with E-state index in [9.17, 15) is 9.59 Å². The van der Waals surface area contributed by atoms with Crippen LogP contribution < -0.4 is 10.1 Å². The van der Waals surface area contributed by atoms with Crippen LogP contribution >= 0.6 is 0 Å². The molecule has 1 aliphatic rings. The molecule has 8 heteroatoms. The highest BCUT2D eigenvalue weighted by Crippen LogP contribution is 2.26. The molecule has 2 amide bonds. The van der Waals surface area contributed by atoms with Gasteiger partial charge in [0.2, 0.25) is 0 Å². The molecule has 1 saturated heterocycles. The molecule has 1 aromatic heterocycles. The first-order valence-corrected chi connectivity index (χ1v) is 10.0. The van der Waals surface area contributed by atoms with E-state index in [4.69, 9.17) is 14.2 Å². The molecule has 2 heterocycles. The summed E-state index contributed by atoms with van der Waals surface area (Å²) in [4.78, 5) is 25.7. The first-order chi connectivity index (χ1) is 14.1. The van der Waals surface area contributed by atoms with Crippen LogP contribution in [0.5, 0.6) is 5.75 Å². The topological polar surface area (TPSA) is 82.0 Å². The number of aromatic nitrogens is 1. The van der Waals surface area contributed by atoms with Gasteiger partial charge in [-0.2, -0.15) is 0 Å². The Morgan fingerprint density at radius 1 is 1.21 bits per heavy atom. The minimum absolute atomic E-state index is 0.0412. The summed E-state index contributed by atoms with van der Waals surface area (Å²) < 4.78 is 18.0. The van der Waals surface area contributed by atoms with Gasteiger partial charge in [-0.05, 0) is 38.0 Å². The lowest BCUT2D eigenvalue weighted by Crippen LogP contribution is -2.47. The van der Waals surface area contributed by atoms with Crippen LogP contribution in [0.25, 0.3) is 10.9 Å². The number of nitrogens with zero attached hydrogens (tertiary/aromatic N) is 2. The molecule has 0 radical (unpaired) electrons. The van der Waals surface area contributed by atoms with Crippen molar-refractivity contribution in [1.29, 1.82) is 0 Å². The molecule has 8 nitrogen and oxygen atoms in total. The summed E-state index contributed by atoms with van der Waals surface area (Å²) in [7, 11) is 1.68. The van der Waals surface area contributed by atoms with E-state index in [1.54, 1.807) is 18.9 Å². The summed E-state index contributed by atoms with van der Waals surface area (Å²) >= 11 is 0.